The highest BCUT2D eigenvalue weighted by atomic mass is 19.1. The van der Waals surface area contributed by atoms with E-state index in [1.54, 1.807) is 36.4 Å². The van der Waals surface area contributed by atoms with Gasteiger partial charge >= 0.3 is 5.63 Å². The van der Waals surface area contributed by atoms with Crippen molar-refractivity contribution in [2.75, 3.05) is 0 Å². The largest absolute Gasteiger partial charge is 0.422 e. The molecule has 0 aliphatic carbocycles. The van der Waals surface area contributed by atoms with Crippen LogP contribution in [0.1, 0.15) is 15.9 Å². The molecule has 108 valence electrons. The Labute approximate surface area is 125 Å². The van der Waals surface area contributed by atoms with E-state index >= 15 is 0 Å². The summed E-state index contributed by atoms with van der Waals surface area (Å²) in [7, 11) is 0. The fourth-order valence-corrected chi connectivity index (χ4v) is 2.11. The molecule has 0 amide bonds. The zero-order valence-corrected chi connectivity index (χ0v) is 11.5. The van der Waals surface area contributed by atoms with E-state index in [1.165, 1.54) is 30.4 Å². The summed E-state index contributed by atoms with van der Waals surface area (Å²) in [5.74, 6) is -0.872. The van der Waals surface area contributed by atoms with Crippen LogP contribution >= 0.6 is 0 Å². The van der Waals surface area contributed by atoms with Gasteiger partial charge in [-0.3, -0.25) is 4.79 Å². The van der Waals surface area contributed by atoms with Crippen LogP contribution in [0, 0.1) is 5.82 Å². The van der Waals surface area contributed by atoms with Crippen molar-refractivity contribution < 1.29 is 13.6 Å². The maximum Gasteiger partial charge on any atom is 0.347 e. The molecule has 3 aromatic rings. The lowest BCUT2D eigenvalue weighted by atomic mass is 10.1. The molecule has 1 aromatic heterocycles. The molecule has 22 heavy (non-hydrogen) atoms. The zero-order chi connectivity index (χ0) is 15.5. The summed E-state index contributed by atoms with van der Waals surface area (Å²) < 4.78 is 18.2. The Kier molecular flexibility index (Phi) is 3.66. The molecule has 0 saturated carbocycles. The van der Waals surface area contributed by atoms with E-state index in [0.29, 0.717) is 16.5 Å². The number of carbonyl (C=O) groups excluding carboxylic acids is 1. The molecule has 4 heteroatoms. The van der Waals surface area contributed by atoms with Gasteiger partial charge in [-0.15, -0.1) is 0 Å². The number of para-hydroxylation sites is 1. The summed E-state index contributed by atoms with van der Waals surface area (Å²) in [6.45, 7) is 0. The normalized spacial score (nSPS) is 11.1. The van der Waals surface area contributed by atoms with Crippen LogP contribution in [0.15, 0.2) is 69.9 Å². The Balaban J connectivity index is 1.95. The van der Waals surface area contributed by atoms with Gasteiger partial charge in [-0.05, 0) is 35.9 Å². The van der Waals surface area contributed by atoms with Crippen LogP contribution in [-0.4, -0.2) is 5.78 Å². The Morgan fingerprint density at radius 3 is 2.68 bits per heavy atom. The lowest BCUT2D eigenvalue weighted by Gasteiger charge is -1.99. The van der Waals surface area contributed by atoms with Gasteiger partial charge in [0.05, 0.1) is 0 Å². The molecule has 0 unspecified atom stereocenters. The summed E-state index contributed by atoms with van der Waals surface area (Å²) in [4.78, 5) is 24.0. The third-order valence-electron chi connectivity index (χ3n) is 3.18. The topological polar surface area (TPSA) is 47.3 Å². The summed E-state index contributed by atoms with van der Waals surface area (Å²) >= 11 is 0. The van der Waals surface area contributed by atoms with E-state index in [4.69, 9.17) is 4.42 Å². The Hall–Kier alpha value is -3.01. The molecule has 0 aliphatic rings. The monoisotopic (exact) mass is 294 g/mol. The van der Waals surface area contributed by atoms with Crippen LogP contribution in [0.4, 0.5) is 4.39 Å². The number of fused-ring (bicyclic) bond motifs is 1. The molecule has 0 fully saturated rings. The lowest BCUT2D eigenvalue weighted by molar-refractivity contribution is 0.104. The van der Waals surface area contributed by atoms with Crippen LogP contribution in [0.5, 0.6) is 0 Å². The van der Waals surface area contributed by atoms with Crippen molar-refractivity contribution in [3.05, 3.63) is 88.0 Å². The summed E-state index contributed by atoms with van der Waals surface area (Å²) in [5, 5.41) is 0.671. The maximum absolute atomic E-state index is 13.1. The first-order valence-corrected chi connectivity index (χ1v) is 6.64. The van der Waals surface area contributed by atoms with E-state index in [1.807, 2.05) is 0 Å². The standard InChI is InChI=1S/C18H11FO3/c19-14-6-3-4-12(10-14)8-9-16(20)15-11-13-5-1-2-7-17(13)22-18(15)21/h1-11H/b9-8+. The molecule has 0 radical (unpaired) electrons. The first-order chi connectivity index (χ1) is 10.6. The fourth-order valence-electron chi connectivity index (χ4n) is 2.11. The highest BCUT2D eigenvalue weighted by Crippen LogP contribution is 2.13. The second-order valence-corrected chi connectivity index (χ2v) is 4.74. The Morgan fingerprint density at radius 1 is 1.05 bits per heavy atom. The summed E-state index contributed by atoms with van der Waals surface area (Å²) in [6, 6.07) is 14.3. The average Bonchev–Trinajstić information content (AvgIpc) is 2.52. The minimum Gasteiger partial charge on any atom is -0.422 e. The fraction of sp³-hybridized carbons (Fsp3) is 0. The molecule has 0 saturated heterocycles. The number of allylic oxidation sites excluding steroid dienone is 1. The van der Waals surface area contributed by atoms with E-state index in [-0.39, 0.29) is 11.4 Å². The van der Waals surface area contributed by atoms with E-state index in [2.05, 4.69) is 0 Å². The van der Waals surface area contributed by atoms with Crippen molar-refractivity contribution in [1.82, 2.24) is 0 Å². The predicted molar refractivity (Wildman–Crippen MR) is 82.2 cm³/mol. The smallest absolute Gasteiger partial charge is 0.347 e. The van der Waals surface area contributed by atoms with Crippen molar-refractivity contribution >= 4 is 22.8 Å². The highest BCUT2D eigenvalue weighted by molar-refractivity contribution is 6.07. The SMILES string of the molecule is O=C(/C=C/c1cccc(F)c1)c1cc2ccccc2oc1=O. The van der Waals surface area contributed by atoms with Gasteiger partial charge in [-0.2, -0.15) is 0 Å². The molecule has 2 aromatic carbocycles. The van der Waals surface area contributed by atoms with Gasteiger partial charge in [-0.1, -0.05) is 36.4 Å². The number of hydrogen-bond donors (Lipinski definition) is 0. The van der Waals surface area contributed by atoms with Gasteiger partial charge in [0.2, 0.25) is 0 Å². The van der Waals surface area contributed by atoms with Crippen molar-refractivity contribution in [2.24, 2.45) is 0 Å². The highest BCUT2D eigenvalue weighted by Gasteiger charge is 2.10. The minimum atomic E-state index is -0.687. The van der Waals surface area contributed by atoms with Crippen molar-refractivity contribution in [2.45, 2.75) is 0 Å². The lowest BCUT2D eigenvalue weighted by Crippen LogP contribution is -2.11. The van der Waals surface area contributed by atoms with Gasteiger partial charge in [0, 0.05) is 5.39 Å². The minimum absolute atomic E-state index is 0.0497. The quantitative estimate of drug-likeness (QED) is 0.419. The molecule has 1 heterocycles. The van der Waals surface area contributed by atoms with Gasteiger partial charge in [0.15, 0.2) is 5.78 Å². The van der Waals surface area contributed by atoms with Crippen LogP contribution in [-0.2, 0) is 0 Å². The molecule has 0 aliphatic heterocycles. The molecule has 3 rings (SSSR count). The molecule has 0 N–H and O–H groups in total. The van der Waals surface area contributed by atoms with E-state index < -0.39 is 11.4 Å². The van der Waals surface area contributed by atoms with Crippen molar-refractivity contribution in [3.63, 3.8) is 0 Å². The third kappa shape index (κ3) is 2.86. The van der Waals surface area contributed by atoms with Gasteiger partial charge < -0.3 is 4.42 Å². The van der Waals surface area contributed by atoms with Crippen LogP contribution in [0.2, 0.25) is 0 Å². The second-order valence-electron chi connectivity index (χ2n) is 4.74. The number of ketones is 1. The molecule has 0 atom stereocenters. The Morgan fingerprint density at radius 2 is 1.86 bits per heavy atom. The molecule has 0 spiro atoms. The summed E-state index contributed by atoms with van der Waals surface area (Å²) in [5.41, 5.74) is 0.232. The molecule has 0 bridgehead atoms. The van der Waals surface area contributed by atoms with Crippen molar-refractivity contribution in [1.29, 1.82) is 0 Å². The van der Waals surface area contributed by atoms with Crippen molar-refractivity contribution in [3.8, 4) is 0 Å². The summed E-state index contributed by atoms with van der Waals surface area (Å²) in [6.07, 6.45) is 2.69. The molecular weight excluding hydrogens is 283 g/mol. The Bertz CT molecular complexity index is 938. The first kappa shape index (κ1) is 13.9. The third-order valence-corrected chi connectivity index (χ3v) is 3.18. The van der Waals surface area contributed by atoms with E-state index in [0.717, 1.165) is 0 Å². The van der Waals surface area contributed by atoms with Gasteiger partial charge in [0.1, 0.15) is 17.0 Å². The number of benzene rings is 2. The predicted octanol–water partition coefficient (Wildman–Crippen LogP) is 3.83. The zero-order valence-electron chi connectivity index (χ0n) is 11.5. The number of carbonyl (C=O) groups is 1. The van der Waals surface area contributed by atoms with Gasteiger partial charge in [-0.25, -0.2) is 9.18 Å². The number of halogens is 1. The van der Waals surface area contributed by atoms with Crippen LogP contribution < -0.4 is 5.63 Å². The number of hydrogen-bond acceptors (Lipinski definition) is 3. The van der Waals surface area contributed by atoms with Gasteiger partial charge in [0.25, 0.3) is 0 Å². The average molecular weight is 294 g/mol. The molecular formula is C18H11FO3. The maximum atomic E-state index is 13.1. The van der Waals surface area contributed by atoms with Crippen LogP contribution in [0.25, 0.3) is 17.0 Å². The first-order valence-electron chi connectivity index (χ1n) is 6.64. The van der Waals surface area contributed by atoms with E-state index in [9.17, 15) is 14.0 Å². The second kappa shape index (κ2) is 5.77. The molecule has 3 nitrogen and oxygen atoms in total. The number of rotatable bonds is 3. The van der Waals surface area contributed by atoms with Crippen LogP contribution in [0.3, 0.4) is 0 Å².